The average Bonchev–Trinajstić information content (AvgIpc) is 3.22. The minimum absolute atomic E-state index is 0.172. The molecule has 0 radical (unpaired) electrons. The van der Waals surface area contributed by atoms with Gasteiger partial charge >= 0.3 is 0 Å². The lowest BCUT2D eigenvalue weighted by molar-refractivity contribution is -0.146. The third-order valence-corrected chi connectivity index (χ3v) is 8.08. The van der Waals surface area contributed by atoms with Crippen molar-refractivity contribution in [3.63, 3.8) is 0 Å². The van der Waals surface area contributed by atoms with Crippen LogP contribution in [0.1, 0.15) is 6.92 Å². The standard InChI is InChI=1S/C28H29N3O5/c1-17(16-32)31-24-27(35)30(20-11-10-18-7-3-4-8-19(18)15-20)14-6-12-28(24)23(26(31)34)22-21(36-28)9-5-13-29(2)25(22)33/h3-12,15,17,21-24,32H,13-14,16H2,1-2H3/t17-,21-,22+,23+,24?,28+/m1/s1. The predicted molar refractivity (Wildman–Crippen MR) is 134 cm³/mol. The van der Waals surface area contributed by atoms with Gasteiger partial charge in [0.2, 0.25) is 11.8 Å². The fourth-order valence-electron chi connectivity index (χ4n) is 6.34. The van der Waals surface area contributed by atoms with Gasteiger partial charge in [-0.3, -0.25) is 14.4 Å². The molecule has 4 aliphatic heterocycles. The van der Waals surface area contributed by atoms with Crippen LogP contribution in [0, 0.1) is 11.8 Å². The molecular formula is C28H29N3O5. The van der Waals surface area contributed by atoms with E-state index in [0.717, 1.165) is 16.5 Å². The molecule has 0 aromatic heterocycles. The molecule has 1 unspecified atom stereocenters. The van der Waals surface area contributed by atoms with Crippen molar-refractivity contribution in [2.45, 2.75) is 30.7 Å². The van der Waals surface area contributed by atoms with Crippen LogP contribution in [0.3, 0.4) is 0 Å². The number of aliphatic hydroxyl groups excluding tert-OH is 1. The van der Waals surface area contributed by atoms with E-state index in [1.807, 2.05) is 66.8 Å². The van der Waals surface area contributed by atoms with Crippen LogP contribution < -0.4 is 4.90 Å². The number of likely N-dealkylation sites (N-methyl/N-ethyl adjacent to an activating group) is 1. The molecule has 36 heavy (non-hydrogen) atoms. The zero-order chi connectivity index (χ0) is 25.2. The third kappa shape index (κ3) is 3.10. The molecule has 0 saturated carbocycles. The summed E-state index contributed by atoms with van der Waals surface area (Å²) in [7, 11) is 1.71. The molecule has 2 aromatic rings. The summed E-state index contributed by atoms with van der Waals surface area (Å²) in [6, 6.07) is 12.2. The van der Waals surface area contributed by atoms with E-state index in [4.69, 9.17) is 4.74 Å². The third-order valence-electron chi connectivity index (χ3n) is 8.08. The van der Waals surface area contributed by atoms with E-state index >= 15 is 0 Å². The van der Waals surface area contributed by atoms with Gasteiger partial charge < -0.3 is 24.5 Å². The molecule has 6 rings (SSSR count). The summed E-state index contributed by atoms with van der Waals surface area (Å²) in [6.45, 7) is 2.15. The number of ether oxygens (including phenoxy) is 1. The van der Waals surface area contributed by atoms with E-state index in [1.54, 1.807) is 23.8 Å². The second kappa shape index (κ2) is 8.28. The molecule has 6 atom stereocenters. The summed E-state index contributed by atoms with van der Waals surface area (Å²) in [5.74, 6) is -2.37. The van der Waals surface area contributed by atoms with Crippen molar-refractivity contribution in [1.82, 2.24) is 9.80 Å². The number of hydrogen-bond donors (Lipinski definition) is 1. The molecule has 2 fully saturated rings. The Kier molecular flexibility index (Phi) is 5.28. The van der Waals surface area contributed by atoms with Crippen LogP contribution in [-0.2, 0) is 19.1 Å². The van der Waals surface area contributed by atoms with Crippen LogP contribution >= 0.6 is 0 Å². The first-order chi connectivity index (χ1) is 17.4. The second-order valence-electron chi connectivity index (χ2n) is 10.1. The number of hydrogen-bond acceptors (Lipinski definition) is 5. The van der Waals surface area contributed by atoms with Gasteiger partial charge in [-0.1, -0.05) is 54.6 Å². The molecule has 186 valence electrons. The van der Waals surface area contributed by atoms with E-state index in [9.17, 15) is 19.5 Å². The maximum atomic E-state index is 14.3. The Labute approximate surface area is 209 Å². The van der Waals surface area contributed by atoms with Crippen LogP contribution in [0.15, 0.2) is 66.8 Å². The first-order valence-corrected chi connectivity index (χ1v) is 12.4. The smallest absolute Gasteiger partial charge is 0.253 e. The van der Waals surface area contributed by atoms with Crippen LogP contribution in [0.2, 0.25) is 0 Å². The van der Waals surface area contributed by atoms with Gasteiger partial charge in [-0.05, 0) is 29.8 Å². The molecule has 4 aliphatic rings. The number of likely N-dealkylation sites (tertiary alicyclic amines) is 1. The first-order valence-electron chi connectivity index (χ1n) is 12.4. The van der Waals surface area contributed by atoms with Crippen molar-refractivity contribution in [3.05, 3.63) is 66.8 Å². The van der Waals surface area contributed by atoms with Gasteiger partial charge in [-0.15, -0.1) is 0 Å². The minimum atomic E-state index is -1.29. The number of benzene rings is 2. The number of rotatable bonds is 3. The van der Waals surface area contributed by atoms with Gasteiger partial charge in [0, 0.05) is 25.8 Å². The van der Waals surface area contributed by atoms with Crippen molar-refractivity contribution in [3.8, 4) is 0 Å². The summed E-state index contributed by atoms with van der Waals surface area (Å²) < 4.78 is 6.57. The zero-order valence-corrected chi connectivity index (χ0v) is 20.3. The molecule has 0 bridgehead atoms. The summed E-state index contributed by atoms with van der Waals surface area (Å²) in [6.07, 6.45) is 6.79. The van der Waals surface area contributed by atoms with Gasteiger partial charge in [0.15, 0.2) is 0 Å². The molecule has 2 aromatic carbocycles. The highest BCUT2D eigenvalue weighted by Crippen LogP contribution is 2.54. The molecule has 3 amide bonds. The summed E-state index contributed by atoms with van der Waals surface area (Å²) in [5, 5.41) is 12.1. The monoisotopic (exact) mass is 487 g/mol. The highest BCUT2D eigenvalue weighted by Gasteiger charge is 2.72. The Morgan fingerprint density at radius 2 is 1.81 bits per heavy atom. The van der Waals surface area contributed by atoms with Crippen LogP contribution in [0.25, 0.3) is 10.8 Å². The molecule has 1 spiro atoms. The maximum absolute atomic E-state index is 14.3. The lowest BCUT2D eigenvalue weighted by Crippen LogP contribution is -2.57. The molecule has 2 saturated heterocycles. The number of amides is 3. The highest BCUT2D eigenvalue weighted by molar-refractivity contribution is 6.06. The summed E-state index contributed by atoms with van der Waals surface area (Å²) in [5.41, 5.74) is -0.577. The molecule has 8 nitrogen and oxygen atoms in total. The van der Waals surface area contributed by atoms with E-state index < -0.39 is 35.6 Å². The van der Waals surface area contributed by atoms with Gasteiger partial charge in [0.25, 0.3) is 5.91 Å². The Morgan fingerprint density at radius 3 is 2.58 bits per heavy atom. The fourth-order valence-corrected chi connectivity index (χ4v) is 6.34. The van der Waals surface area contributed by atoms with Crippen molar-refractivity contribution >= 4 is 34.2 Å². The van der Waals surface area contributed by atoms with Gasteiger partial charge in [-0.25, -0.2) is 0 Å². The normalized spacial score (nSPS) is 32.4. The lowest BCUT2D eigenvalue weighted by Gasteiger charge is -2.37. The fraction of sp³-hybridized carbons (Fsp3) is 0.393. The predicted octanol–water partition coefficient (Wildman–Crippen LogP) is 1.73. The quantitative estimate of drug-likeness (QED) is 0.666. The number of aliphatic hydroxyl groups is 1. The topological polar surface area (TPSA) is 90.4 Å². The van der Waals surface area contributed by atoms with Crippen molar-refractivity contribution < 1.29 is 24.2 Å². The van der Waals surface area contributed by atoms with E-state index in [1.165, 1.54) is 4.90 Å². The Balaban J connectivity index is 1.48. The number of fused-ring (bicyclic) bond motifs is 3. The molecule has 0 aliphatic carbocycles. The van der Waals surface area contributed by atoms with Gasteiger partial charge in [-0.2, -0.15) is 0 Å². The lowest BCUT2D eigenvalue weighted by atomic mass is 9.77. The Bertz CT molecular complexity index is 1320. The van der Waals surface area contributed by atoms with Crippen molar-refractivity contribution in [2.24, 2.45) is 11.8 Å². The van der Waals surface area contributed by atoms with E-state index in [0.29, 0.717) is 13.1 Å². The number of anilines is 1. The molecule has 8 heteroatoms. The molecule has 4 heterocycles. The van der Waals surface area contributed by atoms with Gasteiger partial charge in [0.05, 0.1) is 30.6 Å². The van der Waals surface area contributed by atoms with Crippen LogP contribution in [-0.4, -0.2) is 83.2 Å². The first kappa shape index (κ1) is 22.9. The minimum Gasteiger partial charge on any atom is -0.394 e. The van der Waals surface area contributed by atoms with Crippen LogP contribution in [0.5, 0.6) is 0 Å². The van der Waals surface area contributed by atoms with Gasteiger partial charge in [0.1, 0.15) is 11.6 Å². The van der Waals surface area contributed by atoms with Crippen molar-refractivity contribution in [2.75, 3.05) is 31.6 Å². The SMILES string of the molecule is C[C@H](CO)N1C(=O)[C@@H]2[C@H]3C(=O)N(C)CC=C[C@H]3O[C@@]23C=CCN(c2ccc4ccccc4c2)C(=O)C13. The van der Waals surface area contributed by atoms with Crippen molar-refractivity contribution in [1.29, 1.82) is 0 Å². The van der Waals surface area contributed by atoms with Crippen LogP contribution in [0.4, 0.5) is 5.69 Å². The number of carbonyl (C=O) groups excluding carboxylic acids is 3. The molecular weight excluding hydrogens is 458 g/mol. The Morgan fingerprint density at radius 1 is 1.03 bits per heavy atom. The maximum Gasteiger partial charge on any atom is 0.253 e. The summed E-state index contributed by atoms with van der Waals surface area (Å²) in [4.78, 5) is 46.4. The average molecular weight is 488 g/mol. The largest absolute Gasteiger partial charge is 0.394 e. The summed E-state index contributed by atoms with van der Waals surface area (Å²) >= 11 is 0. The van der Waals surface area contributed by atoms with E-state index in [-0.39, 0.29) is 24.3 Å². The number of nitrogens with zero attached hydrogens (tertiary/aromatic N) is 3. The van der Waals surface area contributed by atoms with E-state index in [2.05, 4.69) is 0 Å². The molecule has 1 N–H and O–H groups in total. The Hall–Kier alpha value is -3.49. The zero-order valence-electron chi connectivity index (χ0n) is 20.3. The highest BCUT2D eigenvalue weighted by atomic mass is 16.5. The number of carbonyl (C=O) groups is 3. The second-order valence-corrected chi connectivity index (χ2v) is 10.1.